The van der Waals surface area contributed by atoms with Crippen molar-refractivity contribution in [3.05, 3.63) is 53.0 Å². The fourth-order valence-corrected chi connectivity index (χ4v) is 4.72. The fourth-order valence-electron chi connectivity index (χ4n) is 3.21. The normalized spacial score (nSPS) is 16.2. The second kappa shape index (κ2) is 8.46. The van der Waals surface area contributed by atoms with Crippen molar-refractivity contribution in [2.75, 3.05) is 32.8 Å². The van der Waals surface area contributed by atoms with Gasteiger partial charge in [0, 0.05) is 26.2 Å². The molecule has 0 amide bonds. The summed E-state index contributed by atoms with van der Waals surface area (Å²) in [5.74, 6) is 0.145. The van der Waals surface area contributed by atoms with Crippen LogP contribution in [0.15, 0.2) is 39.8 Å². The SMILES string of the molecule is CCOC(=O)c1ccoc1CN1CCN(S(=O)(=O)c2ccc(C)c(C)c2)CC1. The molecule has 152 valence electrons. The summed E-state index contributed by atoms with van der Waals surface area (Å²) >= 11 is 0. The molecule has 0 spiro atoms. The minimum Gasteiger partial charge on any atom is -0.467 e. The third-order valence-corrected chi connectivity index (χ3v) is 6.95. The maximum absolute atomic E-state index is 12.9. The lowest BCUT2D eigenvalue weighted by molar-refractivity contribution is 0.0521. The number of sulfonamides is 1. The number of carbonyl (C=O) groups excluding carboxylic acids is 1. The molecule has 1 aliphatic rings. The quantitative estimate of drug-likeness (QED) is 0.686. The van der Waals surface area contributed by atoms with Gasteiger partial charge < -0.3 is 9.15 Å². The van der Waals surface area contributed by atoms with Crippen molar-refractivity contribution in [2.45, 2.75) is 32.2 Å². The lowest BCUT2D eigenvalue weighted by Crippen LogP contribution is -2.48. The number of carbonyl (C=O) groups is 1. The molecule has 1 aromatic heterocycles. The first kappa shape index (κ1) is 20.6. The number of nitrogens with zero attached hydrogens (tertiary/aromatic N) is 2. The van der Waals surface area contributed by atoms with Crippen molar-refractivity contribution in [3.63, 3.8) is 0 Å². The standard InChI is InChI=1S/C20H26N2O5S/c1-4-26-20(23)18-7-12-27-19(18)14-21-8-10-22(11-9-21)28(24,25)17-6-5-15(2)16(3)13-17/h5-7,12-13H,4,8-11,14H2,1-3H3. The molecular formula is C20H26N2O5S. The molecule has 1 saturated heterocycles. The third kappa shape index (κ3) is 4.29. The van der Waals surface area contributed by atoms with Crippen LogP contribution < -0.4 is 0 Å². The van der Waals surface area contributed by atoms with Gasteiger partial charge in [-0.05, 0) is 50.1 Å². The Balaban J connectivity index is 1.64. The molecule has 0 atom stereocenters. The van der Waals surface area contributed by atoms with E-state index in [1.165, 1.54) is 10.6 Å². The summed E-state index contributed by atoms with van der Waals surface area (Å²) in [6.07, 6.45) is 1.47. The Bertz CT molecular complexity index is 943. The molecule has 1 aliphatic heterocycles. The Morgan fingerprint density at radius 1 is 1.11 bits per heavy atom. The van der Waals surface area contributed by atoms with Crippen molar-refractivity contribution in [3.8, 4) is 0 Å². The third-order valence-electron chi connectivity index (χ3n) is 5.06. The molecule has 0 bridgehead atoms. The van der Waals surface area contributed by atoms with Gasteiger partial charge in [-0.3, -0.25) is 4.90 Å². The predicted molar refractivity (Wildman–Crippen MR) is 105 cm³/mol. The van der Waals surface area contributed by atoms with E-state index in [0.29, 0.717) is 55.5 Å². The predicted octanol–water partition coefficient (Wildman–Crippen LogP) is 2.58. The fraction of sp³-hybridized carbons (Fsp3) is 0.450. The number of ether oxygens (including phenoxy) is 1. The van der Waals surface area contributed by atoms with Gasteiger partial charge in [-0.25, -0.2) is 13.2 Å². The minimum atomic E-state index is -3.51. The van der Waals surface area contributed by atoms with Crippen LogP contribution >= 0.6 is 0 Å². The van der Waals surface area contributed by atoms with E-state index in [1.807, 2.05) is 19.9 Å². The zero-order valence-electron chi connectivity index (χ0n) is 16.5. The van der Waals surface area contributed by atoms with Crippen molar-refractivity contribution in [1.82, 2.24) is 9.21 Å². The monoisotopic (exact) mass is 406 g/mol. The Morgan fingerprint density at radius 2 is 1.82 bits per heavy atom. The summed E-state index contributed by atoms with van der Waals surface area (Å²) < 4.78 is 37.8. The van der Waals surface area contributed by atoms with Gasteiger partial charge in [0.15, 0.2) is 0 Å². The van der Waals surface area contributed by atoms with E-state index in [-0.39, 0.29) is 0 Å². The largest absolute Gasteiger partial charge is 0.467 e. The van der Waals surface area contributed by atoms with Crippen molar-refractivity contribution >= 4 is 16.0 Å². The van der Waals surface area contributed by atoms with Gasteiger partial charge in [0.2, 0.25) is 10.0 Å². The highest BCUT2D eigenvalue weighted by Gasteiger charge is 2.29. The van der Waals surface area contributed by atoms with Crippen molar-refractivity contribution in [1.29, 1.82) is 0 Å². The average Bonchev–Trinajstić information content (AvgIpc) is 3.13. The minimum absolute atomic E-state index is 0.304. The summed E-state index contributed by atoms with van der Waals surface area (Å²) in [6, 6.07) is 6.84. The van der Waals surface area contributed by atoms with E-state index in [2.05, 4.69) is 4.90 Å². The number of esters is 1. The van der Waals surface area contributed by atoms with Gasteiger partial charge in [0.1, 0.15) is 11.3 Å². The summed E-state index contributed by atoms with van der Waals surface area (Å²) in [7, 11) is -3.51. The summed E-state index contributed by atoms with van der Waals surface area (Å²) in [4.78, 5) is 14.4. The van der Waals surface area contributed by atoms with E-state index in [0.717, 1.165) is 11.1 Å². The van der Waals surface area contributed by atoms with Gasteiger partial charge in [0.25, 0.3) is 0 Å². The second-order valence-corrected chi connectivity index (χ2v) is 8.84. The number of rotatable bonds is 6. The average molecular weight is 407 g/mol. The number of piperazine rings is 1. The number of benzene rings is 1. The van der Waals surface area contributed by atoms with Crippen LogP contribution in [0.5, 0.6) is 0 Å². The maximum Gasteiger partial charge on any atom is 0.341 e. The highest BCUT2D eigenvalue weighted by molar-refractivity contribution is 7.89. The first-order valence-electron chi connectivity index (χ1n) is 9.36. The molecule has 3 rings (SSSR count). The topological polar surface area (TPSA) is 80.1 Å². The lowest BCUT2D eigenvalue weighted by Gasteiger charge is -2.33. The molecule has 0 aliphatic carbocycles. The highest BCUT2D eigenvalue weighted by Crippen LogP contribution is 2.22. The van der Waals surface area contributed by atoms with Crippen molar-refractivity contribution < 1.29 is 22.4 Å². The summed E-state index contributed by atoms with van der Waals surface area (Å²) in [5, 5.41) is 0. The smallest absolute Gasteiger partial charge is 0.341 e. The van der Waals surface area contributed by atoms with E-state index < -0.39 is 16.0 Å². The molecule has 0 unspecified atom stereocenters. The molecule has 7 nitrogen and oxygen atoms in total. The van der Waals surface area contributed by atoms with Gasteiger partial charge >= 0.3 is 5.97 Å². The Kier molecular flexibility index (Phi) is 6.22. The van der Waals surface area contributed by atoms with Crippen LogP contribution in [-0.2, 0) is 21.3 Å². The molecule has 8 heteroatoms. The summed E-state index contributed by atoms with van der Waals surface area (Å²) in [6.45, 7) is 8.29. The molecule has 0 radical (unpaired) electrons. The van der Waals surface area contributed by atoms with Crippen LogP contribution in [0.25, 0.3) is 0 Å². The molecule has 0 N–H and O–H groups in total. The highest BCUT2D eigenvalue weighted by atomic mass is 32.2. The lowest BCUT2D eigenvalue weighted by atomic mass is 10.1. The molecular weight excluding hydrogens is 380 g/mol. The first-order valence-corrected chi connectivity index (χ1v) is 10.8. The number of furan rings is 1. The van der Waals surface area contributed by atoms with Crippen LogP contribution in [0.2, 0.25) is 0 Å². The molecule has 2 heterocycles. The van der Waals surface area contributed by atoms with E-state index in [1.54, 1.807) is 25.1 Å². The van der Waals surface area contributed by atoms with E-state index in [4.69, 9.17) is 9.15 Å². The molecule has 1 aromatic carbocycles. The van der Waals surface area contributed by atoms with E-state index >= 15 is 0 Å². The maximum atomic E-state index is 12.9. The Morgan fingerprint density at radius 3 is 2.46 bits per heavy atom. The van der Waals surface area contributed by atoms with Crippen LogP contribution in [0.1, 0.15) is 34.2 Å². The van der Waals surface area contributed by atoms with E-state index in [9.17, 15) is 13.2 Å². The molecule has 28 heavy (non-hydrogen) atoms. The van der Waals surface area contributed by atoms with Gasteiger partial charge in [0.05, 0.1) is 24.3 Å². The molecule has 1 fully saturated rings. The second-order valence-electron chi connectivity index (χ2n) is 6.90. The zero-order chi connectivity index (χ0) is 20.3. The van der Waals surface area contributed by atoms with Gasteiger partial charge in [-0.1, -0.05) is 6.07 Å². The van der Waals surface area contributed by atoms with Crippen molar-refractivity contribution in [2.24, 2.45) is 0 Å². The Labute approximate surface area is 165 Å². The van der Waals surface area contributed by atoms with Crippen LogP contribution in [0.4, 0.5) is 0 Å². The van der Waals surface area contributed by atoms with Gasteiger partial charge in [-0.2, -0.15) is 4.31 Å². The van der Waals surface area contributed by atoms with Crippen LogP contribution in [0.3, 0.4) is 0 Å². The zero-order valence-corrected chi connectivity index (χ0v) is 17.3. The Hall–Kier alpha value is -2.16. The van der Waals surface area contributed by atoms with Crippen LogP contribution in [0, 0.1) is 13.8 Å². The van der Waals surface area contributed by atoms with Gasteiger partial charge in [-0.15, -0.1) is 0 Å². The molecule has 2 aromatic rings. The number of hydrogen-bond acceptors (Lipinski definition) is 6. The molecule has 0 saturated carbocycles. The number of aryl methyl sites for hydroxylation is 2. The first-order chi connectivity index (χ1) is 13.3. The van der Waals surface area contributed by atoms with Crippen LogP contribution in [-0.4, -0.2) is 56.4 Å². The number of hydrogen-bond donors (Lipinski definition) is 0. The summed E-state index contributed by atoms with van der Waals surface area (Å²) in [5.41, 5.74) is 2.45.